The van der Waals surface area contributed by atoms with Gasteiger partial charge in [0, 0.05) is 48.2 Å². The molecular formula is C29H36N4O. The van der Waals surface area contributed by atoms with Crippen LogP contribution in [0.4, 0.5) is 0 Å². The number of benzene rings is 1. The third kappa shape index (κ3) is 5.08. The Hall–Kier alpha value is -2.95. The summed E-state index contributed by atoms with van der Waals surface area (Å²) in [5.41, 5.74) is 8.08. The molecule has 0 spiro atoms. The second-order valence-corrected chi connectivity index (χ2v) is 10.9. The number of nitrogens with zero attached hydrogens (tertiary/aromatic N) is 4. The van der Waals surface area contributed by atoms with Gasteiger partial charge in [-0.1, -0.05) is 38.0 Å². The normalized spacial score (nSPS) is 17.1. The van der Waals surface area contributed by atoms with Gasteiger partial charge in [-0.15, -0.1) is 0 Å². The molecule has 2 aliphatic carbocycles. The van der Waals surface area contributed by atoms with Crippen molar-refractivity contribution in [3.63, 3.8) is 0 Å². The van der Waals surface area contributed by atoms with Crippen LogP contribution in [0.5, 0.6) is 0 Å². The van der Waals surface area contributed by atoms with E-state index in [1.807, 2.05) is 18.0 Å². The van der Waals surface area contributed by atoms with E-state index in [0.29, 0.717) is 17.9 Å². The van der Waals surface area contributed by atoms with Crippen LogP contribution in [0, 0.1) is 25.2 Å². The van der Waals surface area contributed by atoms with E-state index in [4.69, 9.17) is 10.1 Å². The van der Waals surface area contributed by atoms with Crippen LogP contribution in [0.15, 0.2) is 42.7 Å². The van der Waals surface area contributed by atoms with Crippen LogP contribution in [0.1, 0.15) is 62.3 Å². The molecule has 0 N–H and O–H groups in total. The van der Waals surface area contributed by atoms with Crippen molar-refractivity contribution in [2.45, 2.75) is 72.4 Å². The molecule has 2 aromatic heterocycles. The van der Waals surface area contributed by atoms with Crippen LogP contribution in [0.2, 0.25) is 0 Å². The Balaban J connectivity index is 1.40. The van der Waals surface area contributed by atoms with Crippen LogP contribution < -0.4 is 0 Å². The van der Waals surface area contributed by atoms with Crippen molar-refractivity contribution in [1.29, 1.82) is 0 Å². The number of aromatic nitrogens is 3. The van der Waals surface area contributed by atoms with Crippen molar-refractivity contribution in [2.24, 2.45) is 11.3 Å². The third-order valence-corrected chi connectivity index (χ3v) is 7.66. The molecule has 1 aromatic carbocycles. The zero-order valence-corrected chi connectivity index (χ0v) is 20.8. The minimum Gasteiger partial charge on any atom is -0.341 e. The molecule has 2 aliphatic rings. The van der Waals surface area contributed by atoms with E-state index in [2.05, 4.69) is 55.1 Å². The predicted octanol–water partition coefficient (Wildman–Crippen LogP) is 6.18. The van der Waals surface area contributed by atoms with Gasteiger partial charge >= 0.3 is 0 Å². The maximum atomic E-state index is 11.6. The van der Waals surface area contributed by atoms with Crippen molar-refractivity contribution in [3.05, 3.63) is 59.5 Å². The van der Waals surface area contributed by atoms with Gasteiger partial charge in [-0.25, -0.2) is 0 Å². The molecule has 0 saturated heterocycles. The van der Waals surface area contributed by atoms with Crippen LogP contribution in [0.3, 0.4) is 0 Å². The number of amides is 1. The second-order valence-electron chi connectivity index (χ2n) is 10.9. The maximum Gasteiger partial charge on any atom is 0.210 e. The first-order valence-electron chi connectivity index (χ1n) is 12.7. The molecule has 2 fully saturated rings. The molecule has 0 atom stereocenters. The largest absolute Gasteiger partial charge is 0.341 e. The van der Waals surface area contributed by atoms with Crippen LogP contribution in [-0.4, -0.2) is 32.6 Å². The molecule has 2 heterocycles. The number of aryl methyl sites for hydroxylation is 2. The summed E-state index contributed by atoms with van der Waals surface area (Å²) in [6, 6.07) is 10.8. The highest BCUT2D eigenvalue weighted by atomic mass is 16.1. The Morgan fingerprint density at radius 3 is 2.62 bits per heavy atom. The van der Waals surface area contributed by atoms with E-state index in [-0.39, 0.29) is 0 Å². The summed E-state index contributed by atoms with van der Waals surface area (Å²) in [7, 11) is 0. The minimum absolute atomic E-state index is 0.361. The van der Waals surface area contributed by atoms with Crippen LogP contribution in [-0.2, 0) is 17.9 Å². The monoisotopic (exact) mass is 456 g/mol. The van der Waals surface area contributed by atoms with E-state index >= 15 is 0 Å². The summed E-state index contributed by atoms with van der Waals surface area (Å²) < 4.78 is 2.12. The van der Waals surface area contributed by atoms with Crippen LogP contribution in [0.25, 0.3) is 22.4 Å². The van der Waals surface area contributed by atoms with Gasteiger partial charge in [0.1, 0.15) is 0 Å². The summed E-state index contributed by atoms with van der Waals surface area (Å²) in [5.74, 6) is 0.695. The molecule has 0 radical (unpaired) electrons. The summed E-state index contributed by atoms with van der Waals surface area (Å²) >= 11 is 0. The lowest BCUT2D eigenvalue weighted by Crippen LogP contribution is -2.24. The van der Waals surface area contributed by atoms with Gasteiger partial charge in [0.05, 0.1) is 11.9 Å². The summed E-state index contributed by atoms with van der Waals surface area (Å²) in [6.45, 7) is 9.08. The number of pyridine rings is 1. The highest BCUT2D eigenvalue weighted by molar-refractivity contribution is 5.80. The number of rotatable bonds is 9. The Kier molecular flexibility index (Phi) is 6.28. The van der Waals surface area contributed by atoms with Gasteiger partial charge in [0.15, 0.2) is 0 Å². The van der Waals surface area contributed by atoms with Gasteiger partial charge in [-0.3, -0.25) is 14.5 Å². The van der Waals surface area contributed by atoms with Gasteiger partial charge in [0.25, 0.3) is 0 Å². The van der Waals surface area contributed by atoms with Gasteiger partial charge in [-0.05, 0) is 74.1 Å². The fourth-order valence-corrected chi connectivity index (χ4v) is 5.39. The Morgan fingerprint density at radius 1 is 1.12 bits per heavy atom. The average molecular weight is 457 g/mol. The molecule has 3 aromatic rings. The van der Waals surface area contributed by atoms with Gasteiger partial charge in [-0.2, -0.15) is 5.10 Å². The lowest BCUT2D eigenvalue weighted by Gasteiger charge is -2.22. The maximum absolute atomic E-state index is 11.6. The second kappa shape index (κ2) is 9.36. The highest BCUT2D eigenvalue weighted by Crippen LogP contribution is 2.39. The summed E-state index contributed by atoms with van der Waals surface area (Å²) in [6.07, 6.45) is 12.9. The molecular weight excluding hydrogens is 420 g/mol. The Labute approximate surface area is 203 Å². The Morgan fingerprint density at radius 2 is 1.91 bits per heavy atom. The highest BCUT2D eigenvalue weighted by Gasteiger charge is 2.29. The zero-order chi connectivity index (χ0) is 23.7. The molecule has 178 valence electrons. The zero-order valence-electron chi connectivity index (χ0n) is 20.8. The predicted molar refractivity (Wildman–Crippen MR) is 136 cm³/mol. The quantitative estimate of drug-likeness (QED) is 0.361. The first-order valence-corrected chi connectivity index (χ1v) is 12.7. The lowest BCUT2D eigenvalue weighted by molar-refractivity contribution is -0.118. The van der Waals surface area contributed by atoms with E-state index in [0.717, 1.165) is 47.6 Å². The molecule has 34 heavy (non-hydrogen) atoms. The fraction of sp³-hybridized carbons (Fsp3) is 0.483. The summed E-state index contributed by atoms with van der Waals surface area (Å²) in [4.78, 5) is 18.4. The molecule has 5 nitrogen and oxygen atoms in total. The van der Waals surface area contributed by atoms with Gasteiger partial charge in [0.2, 0.25) is 6.41 Å². The lowest BCUT2D eigenvalue weighted by atomic mass is 9.89. The van der Waals surface area contributed by atoms with E-state index in [1.54, 1.807) is 0 Å². The SMILES string of the molecule is Cc1ccc(-c2cnn(CC3(C)CCCC3)c2)c(-c2ccc(CN(C=O)CC3CC3)c(C)c2)n1. The van der Waals surface area contributed by atoms with E-state index in [9.17, 15) is 4.79 Å². The van der Waals surface area contributed by atoms with Crippen molar-refractivity contribution in [1.82, 2.24) is 19.7 Å². The fourth-order valence-electron chi connectivity index (χ4n) is 5.39. The van der Waals surface area contributed by atoms with Gasteiger partial charge < -0.3 is 4.90 Å². The van der Waals surface area contributed by atoms with Crippen molar-refractivity contribution in [3.8, 4) is 22.4 Å². The molecule has 1 amide bonds. The smallest absolute Gasteiger partial charge is 0.210 e. The van der Waals surface area contributed by atoms with E-state index in [1.165, 1.54) is 49.7 Å². The van der Waals surface area contributed by atoms with Crippen LogP contribution >= 0.6 is 0 Å². The number of hydrogen-bond donors (Lipinski definition) is 0. The standard InChI is InChI=1S/C29H36N4O/c1-21-14-24(9-10-25(21)17-32(20-34)16-23-7-8-23)28-27(11-6-22(2)31-28)26-15-30-33(18-26)19-29(3)12-4-5-13-29/h6,9-11,14-15,18,20,23H,4-5,7-8,12-13,16-17,19H2,1-3H3. The number of hydrogen-bond acceptors (Lipinski definition) is 3. The molecule has 0 unspecified atom stereocenters. The third-order valence-electron chi connectivity index (χ3n) is 7.66. The minimum atomic E-state index is 0.361. The number of carbonyl (C=O) groups excluding carboxylic acids is 1. The van der Waals surface area contributed by atoms with E-state index < -0.39 is 0 Å². The first-order chi connectivity index (χ1) is 16.4. The van der Waals surface area contributed by atoms with Crippen molar-refractivity contribution in [2.75, 3.05) is 6.54 Å². The topological polar surface area (TPSA) is 51.0 Å². The molecule has 2 saturated carbocycles. The average Bonchev–Trinajstić information content (AvgIpc) is 3.35. The van der Waals surface area contributed by atoms with Crippen molar-refractivity contribution < 1.29 is 4.79 Å². The molecule has 5 heteroatoms. The molecule has 0 aliphatic heterocycles. The summed E-state index contributed by atoms with van der Waals surface area (Å²) in [5, 5.41) is 4.71. The molecule has 0 bridgehead atoms. The van der Waals surface area contributed by atoms with Crippen molar-refractivity contribution >= 4 is 6.41 Å². The Bertz CT molecular complexity index is 1170. The molecule has 5 rings (SSSR count). The number of carbonyl (C=O) groups is 1. The first kappa shape index (κ1) is 22.8.